The fourth-order valence-corrected chi connectivity index (χ4v) is 5.91. The van der Waals surface area contributed by atoms with Gasteiger partial charge in [-0.15, -0.1) is 0 Å². The molecule has 0 heterocycles. The van der Waals surface area contributed by atoms with Gasteiger partial charge in [-0.2, -0.15) is 0 Å². The summed E-state index contributed by atoms with van der Waals surface area (Å²) in [5, 5.41) is 2.32. The molecule has 0 bridgehead atoms. The SMILES string of the molecule is CC(C)(Cc1cccc2c(-c3ccccc3)c(-c3ccccc3)c(-c3ccccc3)c(-c3ccccc3)c12)C(N)=O. The molecule has 0 unspecified atom stereocenters. The molecule has 6 aromatic carbocycles. The van der Waals surface area contributed by atoms with Crippen LogP contribution in [-0.2, 0) is 11.2 Å². The van der Waals surface area contributed by atoms with Crippen molar-refractivity contribution in [2.45, 2.75) is 20.3 Å². The van der Waals surface area contributed by atoms with Crippen molar-refractivity contribution in [2.24, 2.45) is 11.1 Å². The second-order valence-electron chi connectivity index (χ2n) is 11.2. The van der Waals surface area contributed by atoms with Crippen LogP contribution in [-0.4, -0.2) is 5.91 Å². The highest BCUT2D eigenvalue weighted by atomic mass is 16.1. The monoisotopic (exact) mass is 531 g/mol. The molecule has 6 rings (SSSR count). The third kappa shape index (κ3) is 4.94. The van der Waals surface area contributed by atoms with Crippen LogP contribution in [0.25, 0.3) is 55.3 Å². The van der Waals surface area contributed by atoms with Crippen molar-refractivity contribution in [3.05, 3.63) is 145 Å². The molecule has 2 heteroatoms. The molecule has 2 nitrogen and oxygen atoms in total. The molecule has 0 aliphatic rings. The van der Waals surface area contributed by atoms with Gasteiger partial charge < -0.3 is 5.73 Å². The molecule has 0 aliphatic heterocycles. The Labute approximate surface area is 242 Å². The van der Waals surface area contributed by atoms with E-state index in [1.807, 2.05) is 13.8 Å². The molecule has 6 aromatic rings. The zero-order chi connectivity index (χ0) is 28.4. The van der Waals surface area contributed by atoms with E-state index in [0.717, 1.165) is 38.6 Å². The Bertz CT molecular complexity index is 1820. The Morgan fingerprint density at radius 1 is 0.512 bits per heavy atom. The van der Waals surface area contributed by atoms with Gasteiger partial charge in [-0.3, -0.25) is 4.79 Å². The smallest absolute Gasteiger partial charge is 0.223 e. The van der Waals surface area contributed by atoms with Gasteiger partial charge in [0.05, 0.1) is 0 Å². The Hall–Kier alpha value is -4.95. The Balaban J connectivity index is 1.90. The summed E-state index contributed by atoms with van der Waals surface area (Å²) < 4.78 is 0. The van der Waals surface area contributed by atoms with Gasteiger partial charge in [-0.1, -0.05) is 153 Å². The maximum atomic E-state index is 12.6. The highest BCUT2D eigenvalue weighted by Crippen LogP contribution is 2.51. The lowest BCUT2D eigenvalue weighted by atomic mass is 9.76. The Morgan fingerprint density at radius 2 is 0.902 bits per heavy atom. The van der Waals surface area contributed by atoms with E-state index in [-0.39, 0.29) is 5.91 Å². The third-order valence-electron chi connectivity index (χ3n) is 7.97. The molecule has 0 aromatic heterocycles. The lowest BCUT2D eigenvalue weighted by molar-refractivity contribution is -0.125. The lowest BCUT2D eigenvalue weighted by Gasteiger charge is -2.27. The zero-order valence-electron chi connectivity index (χ0n) is 23.5. The van der Waals surface area contributed by atoms with E-state index in [9.17, 15) is 4.79 Å². The highest BCUT2D eigenvalue weighted by Gasteiger charge is 2.29. The van der Waals surface area contributed by atoms with Crippen LogP contribution in [0.4, 0.5) is 0 Å². The number of primary amides is 1. The first-order valence-electron chi connectivity index (χ1n) is 14.1. The quantitative estimate of drug-likeness (QED) is 0.219. The fraction of sp³-hybridized carbons (Fsp3) is 0.103. The molecule has 0 saturated heterocycles. The number of carbonyl (C=O) groups excluding carboxylic acids is 1. The Kier molecular flexibility index (Phi) is 6.99. The van der Waals surface area contributed by atoms with Gasteiger partial charge in [-0.05, 0) is 67.3 Å². The average Bonchev–Trinajstić information content (AvgIpc) is 3.01. The maximum absolute atomic E-state index is 12.6. The van der Waals surface area contributed by atoms with Crippen LogP contribution in [0, 0.1) is 5.41 Å². The van der Waals surface area contributed by atoms with E-state index in [2.05, 4.69) is 140 Å². The highest BCUT2D eigenvalue weighted by molar-refractivity contribution is 6.19. The van der Waals surface area contributed by atoms with Crippen molar-refractivity contribution in [3.63, 3.8) is 0 Å². The molecule has 0 radical (unpaired) electrons. The van der Waals surface area contributed by atoms with Crippen LogP contribution < -0.4 is 5.73 Å². The summed E-state index contributed by atoms with van der Waals surface area (Å²) in [6.45, 7) is 3.87. The summed E-state index contributed by atoms with van der Waals surface area (Å²) >= 11 is 0. The first-order valence-corrected chi connectivity index (χ1v) is 14.1. The predicted molar refractivity (Wildman–Crippen MR) is 172 cm³/mol. The van der Waals surface area contributed by atoms with Crippen LogP contribution in [0.2, 0.25) is 0 Å². The van der Waals surface area contributed by atoms with Crippen LogP contribution in [0.15, 0.2) is 140 Å². The molecule has 41 heavy (non-hydrogen) atoms. The standard InChI is InChI=1S/C39H33NO/c1-39(2,38(40)41)26-31-24-15-25-32-33(27-16-7-3-8-17-27)35(28-18-9-4-10-19-28)37(30-22-13-6-14-23-30)36(34(31)32)29-20-11-5-12-21-29/h3-25H,26H2,1-2H3,(H2,40,41). The van der Waals surface area contributed by atoms with Crippen LogP contribution in [0.1, 0.15) is 19.4 Å². The first-order chi connectivity index (χ1) is 20.0. The van der Waals surface area contributed by atoms with Gasteiger partial charge in [-0.25, -0.2) is 0 Å². The minimum atomic E-state index is -0.708. The summed E-state index contributed by atoms with van der Waals surface area (Å²) in [7, 11) is 0. The summed E-state index contributed by atoms with van der Waals surface area (Å²) in [6, 6.07) is 49.1. The molecular formula is C39H33NO. The van der Waals surface area contributed by atoms with E-state index in [1.54, 1.807) is 0 Å². The van der Waals surface area contributed by atoms with Crippen molar-refractivity contribution in [1.29, 1.82) is 0 Å². The van der Waals surface area contributed by atoms with Gasteiger partial charge in [0.2, 0.25) is 5.91 Å². The van der Waals surface area contributed by atoms with E-state index < -0.39 is 5.41 Å². The molecule has 1 amide bonds. The minimum absolute atomic E-state index is 0.303. The van der Waals surface area contributed by atoms with Crippen LogP contribution in [0.3, 0.4) is 0 Å². The largest absolute Gasteiger partial charge is 0.369 e. The summed E-state index contributed by atoms with van der Waals surface area (Å²) in [5.74, 6) is -0.303. The van der Waals surface area contributed by atoms with Crippen molar-refractivity contribution < 1.29 is 4.79 Å². The van der Waals surface area contributed by atoms with Crippen molar-refractivity contribution in [2.75, 3.05) is 0 Å². The van der Waals surface area contributed by atoms with Crippen molar-refractivity contribution in [1.82, 2.24) is 0 Å². The van der Waals surface area contributed by atoms with Crippen molar-refractivity contribution >= 4 is 16.7 Å². The summed E-state index contributed by atoms with van der Waals surface area (Å²) in [6.07, 6.45) is 0.534. The topological polar surface area (TPSA) is 43.1 Å². The molecule has 0 saturated carbocycles. The van der Waals surface area contributed by atoms with Crippen LogP contribution in [0.5, 0.6) is 0 Å². The third-order valence-corrected chi connectivity index (χ3v) is 7.97. The number of hydrogen-bond acceptors (Lipinski definition) is 1. The zero-order valence-corrected chi connectivity index (χ0v) is 23.5. The number of hydrogen-bond donors (Lipinski definition) is 1. The predicted octanol–water partition coefficient (Wildman–Crippen LogP) is 9.56. The molecule has 200 valence electrons. The van der Waals surface area contributed by atoms with Crippen LogP contribution >= 0.6 is 0 Å². The number of amides is 1. The summed E-state index contributed by atoms with van der Waals surface area (Å²) in [4.78, 5) is 12.6. The lowest BCUT2D eigenvalue weighted by Crippen LogP contribution is -2.33. The van der Waals surface area contributed by atoms with Crippen molar-refractivity contribution in [3.8, 4) is 44.5 Å². The van der Waals surface area contributed by atoms with E-state index in [4.69, 9.17) is 5.73 Å². The molecule has 0 fully saturated rings. The first kappa shape index (κ1) is 26.3. The van der Waals surface area contributed by atoms with E-state index in [1.165, 1.54) is 22.3 Å². The minimum Gasteiger partial charge on any atom is -0.369 e. The molecule has 0 aliphatic carbocycles. The second-order valence-corrected chi connectivity index (χ2v) is 11.2. The number of nitrogens with two attached hydrogens (primary N) is 1. The van der Waals surface area contributed by atoms with E-state index >= 15 is 0 Å². The molecule has 0 spiro atoms. The molecule has 2 N–H and O–H groups in total. The average molecular weight is 532 g/mol. The second kappa shape index (κ2) is 10.9. The number of rotatable bonds is 7. The summed E-state index contributed by atoms with van der Waals surface area (Å²) in [5.41, 5.74) is 15.6. The fourth-order valence-electron chi connectivity index (χ4n) is 5.91. The van der Waals surface area contributed by atoms with E-state index in [0.29, 0.717) is 6.42 Å². The van der Waals surface area contributed by atoms with Gasteiger partial charge in [0.1, 0.15) is 0 Å². The normalized spacial score (nSPS) is 11.5. The molecule has 0 atom stereocenters. The number of fused-ring (bicyclic) bond motifs is 1. The number of carbonyl (C=O) groups is 1. The maximum Gasteiger partial charge on any atom is 0.223 e. The molecular weight excluding hydrogens is 498 g/mol. The van der Waals surface area contributed by atoms with Gasteiger partial charge >= 0.3 is 0 Å². The Morgan fingerprint density at radius 3 is 1.34 bits per heavy atom. The number of benzene rings is 6. The van der Waals surface area contributed by atoms with Gasteiger partial charge in [0, 0.05) is 5.41 Å². The van der Waals surface area contributed by atoms with Gasteiger partial charge in [0.15, 0.2) is 0 Å². The van der Waals surface area contributed by atoms with Gasteiger partial charge in [0.25, 0.3) is 0 Å².